The minimum absolute atomic E-state index is 0.771. The Morgan fingerprint density at radius 3 is 1.38 bits per heavy atom. The molecule has 1 aliphatic heterocycles. The van der Waals surface area contributed by atoms with Gasteiger partial charge in [0.05, 0.1) is 20.6 Å². The lowest BCUT2D eigenvalue weighted by Gasteiger charge is -2.12. The van der Waals surface area contributed by atoms with E-state index in [1.165, 1.54) is 126 Å². The number of fused-ring (bicyclic) bond motifs is 11. The summed E-state index contributed by atoms with van der Waals surface area (Å²) in [6, 6.07) is 92.0. The van der Waals surface area contributed by atoms with Gasteiger partial charge in [0.15, 0.2) is 0 Å². The Balaban J connectivity index is 0.828. The van der Waals surface area contributed by atoms with E-state index in [1.807, 2.05) is 6.07 Å². The molecule has 0 spiro atoms. The van der Waals surface area contributed by atoms with E-state index in [2.05, 4.69) is 247 Å². The Hall–Kier alpha value is -9.02. The van der Waals surface area contributed by atoms with Crippen LogP contribution in [0.4, 0.5) is 0 Å². The third kappa shape index (κ3) is 6.40. The Bertz CT molecular complexity index is 4290. The first-order chi connectivity index (χ1) is 35.2. The Kier molecular flexibility index (Phi) is 8.86. The van der Waals surface area contributed by atoms with Crippen molar-refractivity contribution < 1.29 is 4.42 Å². The summed E-state index contributed by atoms with van der Waals surface area (Å²) in [5.41, 5.74) is 20.4. The summed E-state index contributed by atoms with van der Waals surface area (Å²) in [4.78, 5) is 0. The number of para-hydroxylation sites is 2. The number of aromatic nitrogens is 1. The van der Waals surface area contributed by atoms with Gasteiger partial charge in [-0.05, 0) is 125 Å². The van der Waals surface area contributed by atoms with Gasteiger partial charge in [0.25, 0.3) is 0 Å². The number of hydrogen-bond donors (Lipinski definition) is 0. The van der Waals surface area contributed by atoms with E-state index >= 15 is 0 Å². The van der Waals surface area contributed by atoms with Crippen molar-refractivity contribution in [1.29, 1.82) is 0 Å². The second-order valence-electron chi connectivity index (χ2n) is 19.2. The first kappa shape index (κ1) is 39.9. The fraction of sp³-hybridized carbons (Fsp3) is 0. The van der Waals surface area contributed by atoms with Crippen molar-refractivity contribution >= 4 is 85.2 Å². The molecular formula is C68H43NOSi. The lowest BCUT2D eigenvalue weighted by Crippen LogP contribution is -2.21. The van der Waals surface area contributed by atoms with Crippen LogP contribution < -0.4 is 10.4 Å². The minimum Gasteiger partial charge on any atom is -0.455 e. The van der Waals surface area contributed by atoms with Crippen LogP contribution in [-0.2, 0) is 0 Å². The molecule has 2 nitrogen and oxygen atoms in total. The number of rotatable bonds is 6. The van der Waals surface area contributed by atoms with Crippen molar-refractivity contribution in [2.75, 3.05) is 0 Å². The molecule has 12 aromatic carbocycles. The van der Waals surface area contributed by atoms with Crippen molar-refractivity contribution in [2.24, 2.45) is 0 Å². The average Bonchev–Trinajstić information content (AvgIpc) is 4.11. The van der Waals surface area contributed by atoms with Crippen LogP contribution in [0.2, 0.25) is 0 Å². The van der Waals surface area contributed by atoms with Gasteiger partial charge in [-0.15, -0.1) is 0 Å². The maximum Gasteiger partial charge on any atom is 0.143 e. The van der Waals surface area contributed by atoms with Gasteiger partial charge >= 0.3 is 0 Å². The van der Waals surface area contributed by atoms with Crippen LogP contribution in [0.25, 0.3) is 138 Å². The number of hydrogen-bond acceptors (Lipinski definition) is 1. The Morgan fingerprint density at radius 1 is 0.282 bits per heavy atom. The minimum atomic E-state index is -0.771. The molecule has 0 N–H and O–H groups in total. The van der Waals surface area contributed by atoms with Gasteiger partial charge in [-0.25, -0.2) is 0 Å². The van der Waals surface area contributed by atoms with E-state index < -0.39 is 9.52 Å². The topological polar surface area (TPSA) is 18.1 Å². The van der Waals surface area contributed by atoms with E-state index in [0.717, 1.165) is 22.1 Å². The summed E-state index contributed by atoms with van der Waals surface area (Å²) in [5.74, 6) is 0. The normalized spacial score (nSPS) is 12.5. The predicted octanol–water partition coefficient (Wildman–Crippen LogP) is 16.4. The molecule has 0 radical (unpaired) electrons. The SMILES string of the molecule is c1ccc2c(-c3ccc(-c4ccc5c(c4)c4cc(-c6ccc(-c7cccc8ccccc78)cc6)ccc4n5-c4ccc5c(c4)[SiH2]c4cc(-c6cccc7c6oc6ccccc67)ccc4-5)cc3)cccc2c1. The molecule has 71 heavy (non-hydrogen) atoms. The van der Waals surface area contributed by atoms with Crippen molar-refractivity contribution in [3.05, 3.63) is 249 Å². The summed E-state index contributed by atoms with van der Waals surface area (Å²) in [5, 5.41) is 12.8. The smallest absolute Gasteiger partial charge is 0.143 e. The maximum atomic E-state index is 6.49. The van der Waals surface area contributed by atoms with Gasteiger partial charge in [-0.3, -0.25) is 0 Å². The first-order valence-electron chi connectivity index (χ1n) is 24.6. The van der Waals surface area contributed by atoms with Crippen LogP contribution in [0, 0.1) is 0 Å². The molecule has 0 saturated carbocycles. The molecule has 0 amide bonds. The fourth-order valence-corrected chi connectivity index (χ4v) is 13.8. The quantitative estimate of drug-likeness (QED) is 0.152. The van der Waals surface area contributed by atoms with Crippen molar-refractivity contribution in [3.8, 4) is 72.4 Å². The molecule has 15 rings (SSSR count). The standard InChI is InChI=1S/C68H43NOSi/c1-3-14-52-44(10-1)12-7-17-54(52)46-26-22-42(23-27-46)48-31-36-63-61(38-48)62-39-49(43-24-28-47(29-25-43)55-18-8-13-45-11-2-4-15-53(45)55)32-37-64(62)69(63)51-33-35-59-58-34-30-50(40-66(58)71-67(59)41-51)56-19-9-20-60-57-16-5-6-21-65(57)70-68(56)60/h1-41H,71H2. The van der Waals surface area contributed by atoms with Gasteiger partial charge in [0.2, 0.25) is 0 Å². The van der Waals surface area contributed by atoms with Crippen LogP contribution in [-0.4, -0.2) is 14.1 Å². The molecule has 0 aliphatic carbocycles. The number of nitrogens with zero attached hydrogens (tertiary/aromatic N) is 1. The third-order valence-electron chi connectivity index (χ3n) is 15.2. The van der Waals surface area contributed by atoms with Crippen molar-refractivity contribution in [2.45, 2.75) is 0 Å². The predicted molar refractivity (Wildman–Crippen MR) is 303 cm³/mol. The molecule has 3 heteroatoms. The molecule has 1 aliphatic rings. The number of benzene rings is 12. The van der Waals surface area contributed by atoms with Crippen LogP contribution in [0.15, 0.2) is 253 Å². The van der Waals surface area contributed by atoms with E-state index in [9.17, 15) is 0 Å². The van der Waals surface area contributed by atoms with Crippen LogP contribution in [0.1, 0.15) is 0 Å². The maximum absolute atomic E-state index is 6.49. The van der Waals surface area contributed by atoms with Crippen LogP contribution >= 0.6 is 0 Å². The molecule has 0 fully saturated rings. The molecule has 0 unspecified atom stereocenters. The molecular weight excluding hydrogens is 875 g/mol. The Morgan fingerprint density at radius 2 is 0.746 bits per heavy atom. The lowest BCUT2D eigenvalue weighted by atomic mass is 9.95. The molecule has 3 heterocycles. The average molecular weight is 918 g/mol. The third-order valence-corrected chi connectivity index (χ3v) is 17.2. The fourth-order valence-electron chi connectivity index (χ4n) is 11.8. The van der Waals surface area contributed by atoms with Crippen molar-refractivity contribution in [3.63, 3.8) is 0 Å². The summed E-state index contributed by atoms with van der Waals surface area (Å²) < 4.78 is 8.99. The van der Waals surface area contributed by atoms with E-state index in [1.54, 1.807) is 0 Å². The highest BCUT2D eigenvalue weighted by Crippen LogP contribution is 2.41. The van der Waals surface area contributed by atoms with Gasteiger partial charge in [0.1, 0.15) is 11.2 Å². The molecule has 0 atom stereocenters. The second kappa shape index (κ2) is 15.8. The van der Waals surface area contributed by atoms with Crippen LogP contribution in [0.3, 0.4) is 0 Å². The van der Waals surface area contributed by atoms with Gasteiger partial charge in [0, 0.05) is 32.8 Å². The van der Waals surface area contributed by atoms with E-state index in [0.29, 0.717) is 0 Å². The van der Waals surface area contributed by atoms with Gasteiger partial charge < -0.3 is 8.98 Å². The van der Waals surface area contributed by atoms with Crippen molar-refractivity contribution in [1.82, 2.24) is 4.57 Å². The lowest BCUT2D eigenvalue weighted by molar-refractivity contribution is 0.670. The summed E-state index contributed by atoms with van der Waals surface area (Å²) in [6.45, 7) is 0. The van der Waals surface area contributed by atoms with E-state index in [4.69, 9.17) is 4.42 Å². The highest BCUT2D eigenvalue weighted by atomic mass is 28.2. The zero-order valence-electron chi connectivity index (χ0n) is 38.7. The molecule has 0 saturated heterocycles. The summed E-state index contributed by atoms with van der Waals surface area (Å²) >= 11 is 0. The van der Waals surface area contributed by atoms with Gasteiger partial charge in [-0.2, -0.15) is 0 Å². The summed E-state index contributed by atoms with van der Waals surface area (Å²) in [6.07, 6.45) is 0. The monoisotopic (exact) mass is 917 g/mol. The first-order valence-corrected chi connectivity index (χ1v) is 26.0. The van der Waals surface area contributed by atoms with Crippen LogP contribution in [0.5, 0.6) is 0 Å². The zero-order chi connectivity index (χ0) is 46.6. The second-order valence-corrected chi connectivity index (χ2v) is 21.1. The molecule has 330 valence electrons. The zero-order valence-corrected chi connectivity index (χ0v) is 40.1. The highest BCUT2D eigenvalue weighted by Gasteiger charge is 2.23. The molecule has 2 aromatic heterocycles. The number of furan rings is 1. The molecule has 14 aromatic rings. The largest absolute Gasteiger partial charge is 0.455 e. The highest BCUT2D eigenvalue weighted by molar-refractivity contribution is 6.73. The van der Waals surface area contributed by atoms with Gasteiger partial charge in [-0.1, -0.05) is 217 Å². The Labute approximate surface area is 413 Å². The summed E-state index contributed by atoms with van der Waals surface area (Å²) in [7, 11) is -0.771. The van der Waals surface area contributed by atoms with E-state index in [-0.39, 0.29) is 0 Å². The molecule has 0 bridgehead atoms.